The minimum absolute atomic E-state index is 0.0377. The van der Waals surface area contributed by atoms with Crippen LogP contribution in [0.15, 0.2) is 29.2 Å². The Kier molecular flexibility index (Phi) is 7.62. The maximum Gasteiger partial charge on any atom is 0.293 e. The quantitative estimate of drug-likeness (QED) is 0.484. The second-order valence-electron chi connectivity index (χ2n) is 7.06. The molecule has 0 aromatic heterocycles. The van der Waals surface area contributed by atoms with Crippen LogP contribution in [-0.2, 0) is 9.59 Å². The summed E-state index contributed by atoms with van der Waals surface area (Å²) in [5.41, 5.74) is 0.638. The van der Waals surface area contributed by atoms with Crippen molar-refractivity contribution < 1.29 is 28.6 Å². The van der Waals surface area contributed by atoms with Gasteiger partial charge in [0.25, 0.3) is 11.1 Å². The molecule has 166 valence electrons. The third-order valence-corrected chi connectivity index (χ3v) is 6.04. The molecule has 31 heavy (non-hydrogen) atoms. The number of imide groups is 1. The minimum atomic E-state index is -0.390. The molecule has 1 aliphatic heterocycles. The summed E-state index contributed by atoms with van der Waals surface area (Å²) >= 11 is 0.864. The Balaban J connectivity index is 1.66. The fraction of sp³-hybridized carbons (Fsp3) is 0.409. The number of amides is 3. The number of nitrogens with one attached hydrogen (secondary N) is 1. The average Bonchev–Trinajstić information content (AvgIpc) is 3.06. The van der Waals surface area contributed by atoms with Gasteiger partial charge in [-0.25, -0.2) is 0 Å². The second kappa shape index (κ2) is 10.4. The highest BCUT2D eigenvalue weighted by Gasteiger charge is 2.35. The van der Waals surface area contributed by atoms with Crippen LogP contribution < -0.4 is 19.5 Å². The Bertz CT molecular complexity index is 902. The van der Waals surface area contributed by atoms with Gasteiger partial charge in [-0.2, -0.15) is 0 Å². The molecule has 1 saturated heterocycles. The number of hydrogen-bond acceptors (Lipinski definition) is 7. The lowest BCUT2D eigenvalue weighted by Crippen LogP contribution is -2.39. The molecule has 1 atom stereocenters. The maximum absolute atomic E-state index is 12.7. The molecule has 0 bridgehead atoms. The van der Waals surface area contributed by atoms with Gasteiger partial charge >= 0.3 is 0 Å². The first-order valence-corrected chi connectivity index (χ1v) is 10.8. The molecule has 1 aromatic rings. The average molecular weight is 447 g/mol. The van der Waals surface area contributed by atoms with E-state index in [1.54, 1.807) is 18.2 Å². The third kappa shape index (κ3) is 5.22. The van der Waals surface area contributed by atoms with E-state index in [0.29, 0.717) is 27.7 Å². The first-order valence-electron chi connectivity index (χ1n) is 9.96. The molecule has 3 amide bonds. The van der Waals surface area contributed by atoms with Gasteiger partial charge in [0, 0.05) is 19.0 Å². The van der Waals surface area contributed by atoms with Crippen molar-refractivity contribution in [2.45, 2.75) is 19.3 Å². The van der Waals surface area contributed by atoms with Gasteiger partial charge < -0.3 is 19.5 Å². The van der Waals surface area contributed by atoms with Crippen molar-refractivity contribution in [2.75, 3.05) is 34.4 Å². The van der Waals surface area contributed by atoms with E-state index in [2.05, 4.69) is 11.4 Å². The molecular weight excluding hydrogens is 420 g/mol. The minimum Gasteiger partial charge on any atom is -0.493 e. The fourth-order valence-corrected chi connectivity index (χ4v) is 4.36. The Labute approximate surface area is 185 Å². The summed E-state index contributed by atoms with van der Waals surface area (Å²) in [6.45, 7) is 0.361. The summed E-state index contributed by atoms with van der Waals surface area (Å²) in [7, 11) is 4.52. The summed E-state index contributed by atoms with van der Waals surface area (Å²) in [6, 6.07) is 3.41. The van der Waals surface area contributed by atoms with Crippen LogP contribution in [0.4, 0.5) is 4.79 Å². The number of thioether (sulfide) groups is 1. The van der Waals surface area contributed by atoms with Crippen LogP contribution in [0.1, 0.15) is 24.8 Å². The van der Waals surface area contributed by atoms with Crippen LogP contribution >= 0.6 is 11.8 Å². The highest BCUT2D eigenvalue weighted by Crippen LogP contribution is 2.40. The molecule has 8 nitrogen and oxygen atoms in total. The molecule has 1 N–H and O–H groups in total. The van der Waals surface area contributed by atoms with E-state index < -0.39 is 5.91 Å². The van der Waals surface area contributed by atoms with Crippen molar-refractivity contribution in [2.24, 2.45) is 5.92 Å². The van der Waals surface area contributed by atoms with Gasteiger partial charge in [0.05, 0.1) is 26.2 Å². The lowest BCUT2D eigenvalue weighted by atomic mass is 9.94. The van der Waals surface area contributed by atoms with Gasteiger partial charge in [-0.1, -0.05) is 12.2 Å². The van der Waals surface area contributed by atoms with E-state index in [1.807, 2.05) is 6.08 Å². The second-order valence-corrected chi connectivity index (χ2v) is 8.06. The largest absolute Gasteiger partial charge is 0.493 e. The van der Waals surface area contributed by atoms with Crippen molar-refractivity contribution in [1.29, 1.82) is 0 Å². The monoisotopic (exact) mass is 446 g/mol. The fourth-order valence-electron chi connectivity index (χ4n) is 3.50. The zero-order valence-electron chi connectivity index (χ0n) is 17.8. The van der Waals surface area contributed by atoms with E-state index in [0.717, 1.165) is 35.9 Å². The molecule has 2 aliphatic rings. The van der Waals surface area contributed by atoms with Crippen LogP contribution in [0.2, 0.25) is 0 Å². The summed E-state index contributed by atoms with van der Waals surface area (Å²) in [5, 5.41) is 2.47. The molecule has 9 heteroatoms. The smallest absolute Gasteiger partial charge is 0.293 e. The van der Waals surface area contributed by atoms with Crippen LogP contribution in [0, 0.1) is 5.92 Å². The first kappa shape index (κ1) is 22.7. The van der Waals surface area contributed by atoms with Gasteiger partial charge in [0.2, 0.25) is 11.7 Å². The topological polar surface area (TPSA) is 94.2 Å². The number of hydrogen-bond donors (Lipinski definition) is 1. The Morgan fingerprint density at radius 3 is 2.45 bits per heavy atom. The number of methoxy groups -OCH3 is 3. The number of benzene rings is 1. The van der Waals surface area contributed by atoms with Gasteiger partial charge in [-0.3, -0.25) is 19.3 Å². The van der Waals surface area contributed by atoms with Crippen molar-refractivity contribution in [3.8, 4) is 17.2 Å². The molecule has 1 aliphatic carbocycles. The molecule has 0 saturated carbocycles. The summed E-state index contributed by atoms with van der Waals surface area (Å²) in [4.78, 5) is 38.8. The predicted molar refractivity (Wildman–Crippen MR) is 118 cm³/mol. The number of allylic oxidation sites excluding steroid dienone is 2. The van der Waals surface area contributed by atoms with Gasteiger partial charge in [0.15, 0.2) is 11.5 Å². The zero-order chi connectivity index (χ0) is 22.4. The van der Waals surface area contributed by atoms with E-state index >= 15 is 0 Å². The Morgan fingerprint density at radius 1 is 1.16 bits per heavy atom. The number of rotatable bonds is 8. The zero-order valence-corrected chi connectivity index (χ0v) is 18.6. The van der Waals surface area contributed by atoms with Crippen LogP contribution in [0.5, 0.6) is 17.2 Å². The van der Waals surface area contributed by atoms with E-state index in [1.165, 1.54) is 21.3 Å². The SMILES string of the molecule is COc1cc(/C=C2\SC(=O)N(CCNC(=O)C3CC=CCC3)C2=O)cc(OC)c1OC. The van der Waals surface area contributed by atoms with Crippen molar-refractivity contribution in [3.63, 3.8) is 0 Å². The normalized spacial score (nSPS) is 19.6. The van der Waals surface area contributed by atoms with Crippen LogP contribution in [-0.4, -0.2) is 56.4 Å². The number of ether oxygens (including phenoxy) is 3. The molecule has 1 fully saturated rings. The molecule has 0 radical (unpaired) electrons. The lowest BCUT2D eigenvalue weighted by molar-refractivity contribution is -0.126. The molecule has 3 rings (SSSR count). The van der Waals surface area contributed by atoms with Crippen LogP contribution in [0.3, 0.4) is 0 Å². The summed E-state index contributed by atoms with van der Waals surface area (Å²) < 4.78 is 16.0. The lowest BCUT2D eigenvalue weighted by Gasteiger charge is -2.18. The van der Waals surface area contributed by atoms with Gasteiger partial charge in [-0.05, 0) is 54.8 Å². The molecule has 1 aromatic carbocycles. The van der Waals surface area contributed by atoms with E-state index in [9.17, 15) is 14.4 Å². The molecular formula is C22H26N2O6S. The summed E-state index contributed by atoms with van der Waals surface area (Å²) in [5.74, 6) is 0.877. The first-order chi connectivity index (χ1) is 15.0. The van der Waals surface area contributed by atoms with Gasteiger partial charge in [0.1, 0.15) is 0 Å². The predicted octanol–water partition coefficient (Wildman–Crippen LogP) is 3.22. The molecule has 1 unspecified atom stereocenters. The Morgan fingerprint density at radius 2 is 1.87 bits per heavy atom. The highest BCUT2D eigenvalue weighted by molar-refractivity contribution is 8.18. The van der Waals surface area contributed by atoms with Crippen molar-refractivity contribution in [1.82, 2.24) is 10.2 Å². The van der Waals surface area contributed by atoms with Gasteiger partial charge in [-0.15, -0.1) is 0 Å². The van der Waals surface area contributed by atoms with Crippen LogP contribution in [0.25, 0.3) is 6.08 Å². The van der Waals surface area contributed by atoms with Crippen molar-refractivity contribution in [3.05, 3.63) is 34.8 Å². The number of carbonyl (C=O) groups excluding carboxylic acids is 3. The van der Waals surface area contributed by atoms with E-state index in [4.69, 9.17) is 14.2 Å². The molecule has 1 heterocycles. The third-order valence-electron chi connectivity index (χ3n) is 5.13. The maximum atomic E-state index is 12.7. The number of carbonyl (C=O) groups is 3. The Hall–Kier alpha value is -2.94. The molecule has 0 spiro atoms. The number of nitrogens with zero attached hydrogens (tertiary/aromatic N) is 1. The summed E-state index contributed by atoms with van der Waals surface area (Å²) in [6.07, 6.45) is 8.14. The van der Waals surface area contributed by atoms with E-state index in [-0.39, 0.29) is 30.2 Å². The highest BCUT2D eigenvalue weighted by atomic mass is 32.2. The standard InChI is InChI=1S/C22H26N2O6S/c1-28-16-11-14(12-17(29-2)19(16)30-3)13-18-21(26)24(22(27)31-18)10-9-23-20(25)15-7-5-4-6-8-15/h4-5,11-13,15H,6-10H2,1-3H3,(H,23,25)/b18-13-. The van der Waals surface area contributed by atoms with Crippen molar-refractivity contribution >= 4 is 34.9 Å².